The van der Waals surface area contributed by atoms with Gasteiger partial charge < -0.3 is 25.1 Å². The lowest BCUT2D eigenvalue weighted by Crippen LogP contribution is -2.38. The number of benzene rings is 4. The van der Waals surface area contributed by atoms with Crippen LogP contribution in [0.15, 0.2) is 67.2 Å². The fourth-order valence-corrected chi connectivity index (χ4v) is 7.03. The molecule has 4 aromatic carbocycles. The highest BCUT2D eigenvalue weighted by Gasteiger charge is 2.34. The Morgan fingerprint density at radius 2 is 1.74 bits per heavy atom. The Bertz CT molecular complexity index is 1850. The predicted molar refractivity (Wildman–Crippen MR) is 190 cm³/mol. The number of nitrogens with zero attached hydrogens (tertiary/aromatic N) is 1. The molecule has 0 radical (unpaired) electrons. The molecule has 2 aliphatic rings. The van der Waals surface area contributed by atoms with Crippen molar-refractivity contribution in [2.75, 3.05) is 40.5 Å². The summed E-state index contributed by atoms with van der Waals surface area (Å²) in [5.74, 6) is -2.06. The molecular weight excluding hydrogens is 645 g/mol. The number of hydrogen-bond donors (Lipinski definition) is 2. The minimum atomic E-state index is -2.59. The molecule has 2 saturated heterocycles. The minimum Gasteiger partial charge on any atom is -0.496 e. The largest absolute Gasteiger partial charge is 0.496 e. The number of alkyl halides is 2. The summed E-state index contributed by atoms with van der Waals surface area (Å²) in [6.45, 7) is 8.17. The highest BCUT2D eigenvalue weighted by molar-refractivity contribution is 6.01. The third-order valence-corrected chi connectivity index (χ3v) is 9.64. The molecule has 7 nitrogen and oxygen atoms in total. The number of piperidine rings is 1. The lowest BCUT2D eigenvalue weighted by molar-refractivity contribution is -0.136. The summed E-state index contributed by atoms with van der Waals surface area (Å²) in [7, 11) is 3.21. The lowest BCUT2D eigenvalue weighted by atomic mass is 9.90. The third kappa shape index (κ3) is 8.25. The van der Waals surface area contributed by atoms with E-state index in [0.717, 1.165) is 57.2 Å². The van der Waals surface area contributed by atoms with E-state index in [1.807, 2.05) is 66.4 Å². The number of rotatable bonds is 10. The van der Waals surface area contributed by atoms with Crippen molar-refractivity contribution in [1.29, 1.82) is 0 Å². The van der Waals surface area contributed by atoms with Gasteiger partial charge in [-0.1, -0.05) is 55.1 Å². The monoisotopic (exact) mass is 690 g/mol. The fraction of sp³-hybridized carbons (Fsp3) is 0.375. The Morgan fingerprint density at radius 1 is 1.02 bits per heavy atom. The number of nitrogens with two attached hydrogens (primary N) is 1. The summed E-state index contributed by atoms with van der Waals surface area (Å²) >= 11 is 0. The fourth-order valence-electron chi connectivity index (χ4n) is 7.03. The van der Waals surface area contributed by atoms with Crippen LogP contribution in [0.4, 0.5) is 13.2 Å². The Labute approximate surface area is 291 Å². The second-order valence-electron chi connectivity index (χ2n) is 12.9. The molecule has 0 bridgehead atoms. The van der Waals surface area contributed by atoms with Crippen LogP contribution in [0, 0.1) is 12.7 Å². The number of likely N-dealkylation sites (tertiary alicyclic amines) is 1. The summed E-state index contributed by atoms with van der Waals surface area (Å²) in [5.41, 5.74) is 11.9. The third-order valence-electron chi connectivity index (χ3n) is 9.64. The predicted octanol–water partition coefficient (Wildman–Crippen LogP) is 8.34. The average molecular weight is 691 g/mol. The van der Waals surface area contributed by atoms with Crippen molar-refractivity contribution in [1.82, 2.24) is 4.90 Å². The summed E-state index contributed by atoms with van der Waals surface area (Å²) in [4.78, 5) is 13.1. The van der Waals surface area contributed by atoms with E-state index in [4.69, 9.17) is 25.1 Å². The van der Waals surface area contributed by atoms with Crippen LogP contribution in [0.5, 0.6) is 11.5 Å². The van der Waals surface area contributed by atoms with Gasteiger partial charge in [0.1, 0.15) is 17.3 Å². The standard InChI is InChI=1S/C27H29F2NO4.C13H16FNO/c1-33-23-11-9-19(17-30-15-13-27(28,29)14-16-30)26(34-2)25(23)22-8-4-6-20-18(10-12-24(31)32)5-3-7-21(20)22;1-8-11(10-5-6-16-7-10)3-4-12(14)13(8)9(2)15/h3-9,11H,10,12-17H2,1-2H3,(H,31,32);3-4,10H,2,5-7,15H2,1H3. The second-order valence-corrected chi connectivity index (χ2v) is 12.9. The van der Waals surface area contributed by atoms with Gasteiger partial charge in [0.05, 0.1) is 26.4 Å². The van der Waals surface area contributed by atoms with E-state index in [2.05, 4.69) is 6.58 Å². The molecular formula is C40H45F3N2O5. The zero-order valence-corrected chi connectivity index (χ0v) is 28.9. The van der Waals surface area contributed by atoms with Gasteiger partial charge in [-0.15, -0.1) is 0 Å². The van der Waals surface area contributed by atoms with Crippen LogP contribution in [0.3, 0.4) is 0 Å². The van der Waals surface area contributed by atoms with Gasteiger partial charge in [0.2, 0.25) is 0 Å². The topological polar surface area (TPSA) is 94.3 Å². The summed E-state index contributed by atoms with van der Waals surface area (Å²) in [6.07, 6.45) is 1.20. The molecule has 2 fully saturated rings. The Balaban J connectivity index is 0.000000253. The molecule has 3 N–H and O–H groups in total. The molecule has 2 heterocycles. The first-order chi connectivity index (χ1) is 23.9. The van der Waals surface area contributed by atoms with Crippen LogP contribution < -0.4 is 15.2 Å². The lowest BCUT2D eigenvalue weighted by Gasteiger charge is -2.32. The number of carbonyl (C=O) groups is 1. The number of fused-ring (bicyclic) bond motifs is 1. The van der Waals surface area contributed by atoms with Crippen LogP contribution in [0.25, 0.3) is 27.6 Å². The van der Waals surface area contributed by atoms with Crippen LogP contribution in [0.1, 0.15) is 59.4 Å². The first-order valence-corrected chi connectivity index (χ1v) is 16.8. The van der Waals surface area contributed by atoms with Crippen molar-refractivity contribution in [2.24, 2.45) is 5.73 Å². The molecule has 4 aromatic rings. The number of aryl methyl sites for hydroxylation is 1. The Morgan fingerprint density at radius 3 is 2.38 bits per heavy atom. The van der Waals surface area contributed by atoms with E-state index in [0.29, 0.717) is 55.6 Å². The second kappa shape index (κ2) is 16.0. The number of halogens is 3. The first-order valence-electron chi connectivity index (χ1n) is 16.8. The van der Waals surface area contributed by atoms with Crippen molar-refractivity contribution >= 4 is 22.4 Å². The van der Waals surface area contributed by atoms with Gasteiger partial charge in [-0.05, 0) is 64.9 Å². The van der Waals surface area contributed by atoms with Gasteiger partial charge in [0.25, 0.3) is 5.92 Å². The smallest absolute Gasteiger partial charge is 0.303 e. The molecule has 6 rings (SSSR count). The zero-order chi connectivity index (χ0) is 36.0. The van der Waals surface area contributed by atoms with E-state index in [1.165, 1.54) is 6.07 Å². The number of hydrogen-bond acceptors (Lipinski definition) is 6. The molecule has 50 heavy (non-hydrogen) atoms. The van der Waals surface area contributed by atoms with Gasteiger partial charge in [-0.25, -0.2) is 13.2 Å². The molecule has 2 aliphatic heterocycles. The van der Waals surface area contributed by atoms with Crippen LogP contribution >= 0.6 is 0 Å². The van der Waals surface area contributed by atoms with Crippen molar-refractivity contribution in [3.05, 3.63) is 101 Å². The van der Waals surface area contributed by atoms with Crippen LogP contribution in [0.2, 0.25) is 0 Å². The molecule has 0 spiro atoms. The maximum Gasteiger partial charge on any atom is 0.303 e. The van der Waals surface area contributed by atoms with Gasteiger partial charge in [0, 0.05) is 68.2 Å². The van der Waals surface area contributed by atoms with Gasteiger partial charge in [-0.2, -0.15) is 0 Å². The maximum atomic E-state index is 13.6. The minimum absolute atomic E-state index is 0.0559. The van der Waals surface area contributed by atoms with Gasteiger partial charge in [0.15, 0.2) is 0 Å². The summed E-state index contributed by atoms with van der Waals surface area (Å²) in [6, 6.07) is 18.9. The maximum absolute atomic E-state index is 13.6. The number of methoxy groups -OCH3 is 2. The molecule has 0 amide bonds. The summed E-state index contributed by atoms with van der Waals surface area (Å²) in [5, 5.41) is 11.1. The van der Waals surface area contributed by atoms with E-state index >= 15 is 0 Å². The van der Waals surface area contributed by atoms with E-state index < -0.39 is 11.9 Å². The summed E-state index contributed by atoms with van der Waals surface area (Å²) < 4.78 is 57.8. The highest BCUT2D eigenvalue weighted by atomic mass is 19.3. The normalized spacial score (nSPS) is 17.2. The molecule has 266 valence electrons. The van der Waals surface area contributed by atoms with E-state index in [1.54, 1.807) is 14.2 Å². The molecule has 10 heteroatoms. The van der Waals surface area contributed by atoms with Gasteiger partial charge in [-0.3, -0.25) is 9.69 Å². The molecule has 1 unspecified atom stereocenters. The first kappa shape index (κ1) is 36.7. The van der Waals surface area contributed by atoms with Crippen molar-refractivity contribution in [3.63, 3.8) is 0 Å². The van der Waals surface area contributed by atoms with Crippen LogP contribution in [-0.2, 0) is 22.5 Å². The average Bonchev–Trinajstić information content (AvgIpc) is 3.63. The van der Waals surface area contributed by atoms with Gasteiger partial charge >= 0.3 is 5.97 Å². The quantitative estimate of drug-likeness (QED) is 0.173. The number of aliphatic carboxylic acids is 1. The molecule has 0 saturated carbocycles. The van der Waals surface area contributed by atoms with E-state index in [-0.39, 0.29) is 30.8 Å². The molecule has 0 aliphatic carbocycles. The van der Waals surface area contributed by atoms with Crippen molar-refractivity contribution in [3.8, 4) is 22.6 Å². The van der Waals surface area contributed by atoms with Crippen molar-refractivity contribution in [2.45, 2.75) is 57.4 Å². The van der Waals surface area contributed by atoms with Crippen LogP contribution in [-0.4, -0.2) is 62.4 Å². The number of ether oxygens (including phenoxy) is 3. The highest BCUT2D eigenvalue weighted by Crippen LogP contribution is 2.45. The zero-order valence-electron chi connectivity index (χ0n) is 28.9. The molecule has 1 atom stereocenters. The SMILES string of the molecule is C=C(N)c1c(F)ccc(C2CCOC2)c1C.COc1ccc(CN2CCC(F)(F)CC2)c(OC)c1-c1cccc2c(CCC(=O)O)cccc12. The number of carboxylic acids is 1. The molecule has 0 aromatic heterocycles. The van der Waals surface area contributed by atoms with Crippen molar-refractivity contribution < 1.29 is 37.3 Å². The van der Waals surface area contributed by atoms with E-state index in [9.17, 15) is 18.0 Å². The Hall–Kier alpha value is -4.54. The Kier molecular flexibility index (Phi) is 11.8. The number of carboxylic acid groups (broad SMARTS) is 1.